The van der Waals surface area contributed by atoms with E-state index in [0.717, 1.165) is 40.7 Å². The highest BCUT2D eigenvalue weighted by molar-refractivity contribution is 6.00. The number of fused-ring (bicyclic) bond motifs is 3. The lowest BCUT2D eigenvalue weighted by Crippen LogP contribution is -2.21. The standard InChI is InChI=1S/C13H14N6O/c20-19-12(7-1-2-7)16-6-10-17-9-5-15-13-8(3-4-14-13)11(9)18-10/h3-5,7,20H,1-2,6H2,(H,14,15)(H,16,19)(H,17,18). The summed E-state index contributed by atoms with van der Waals surface area (Å²) in [5, 5.41) is 10.0. The zero-order valence-electron chi connectivity index (χ0n) is 10.7. The van der Waals surface area contributed by atoms with Gasteiger partial charge in [0.1, 0.15) is 22.8 Å². The summed E-state index contributed by atoms with van der Waals surface area (Å²) in [6.45, 7) is 0.417. The largest absolute Gasteiger partial charge is 0.346 e. The minimum Gasteiger partial charge on any atom is -0.346 e. The molecule has 0 radical (unpaired) electrons. The molecule has 102 valence electrons. The van der Waals surface area contributed by atoms with Gasteiger partial charge < -0.3 is 9.97 Å². The van der Waals surface area contributed by atoms with Crippen molar-refractivity contribution in [2.75, 3.05) is 0 Å². The minimum absolute atomic E-state index is 0.377. The second kappa shape index (κ2) is 4.31. The molecule has 20 heavy (non-hydrogen) atoms. The first-order valence-electron chi connectivity index (χ1n) is 6.60. The molecule has 7 nitrogen and oxygen atoms in total. The second-order valence-electron chi connectivity index (χ2n) is 5.03. The van der Waals surface area contributed by atoms with Gasteiger partial charge in [0, 0.05) is 17.5 Å². The quantitative estimate of drug-likeness (QED) is 0.330. The van der Waals surface area contributed by atoms with Crippen molar-refractivity contribution in [3.05, 3.63) is 24.3 Å². The van der Waals surface area contributed by atoms with Gasteiger partial charge in [-0.15, -0.1) is 0 Å². The summed E-state index contributed by atoms with van der Waals surface area (Å²) in [5.74, 6) is 1.79. The lowest BCUT2D eigenvalue weighted by molar-refractivity contribution is 0.230. The van der Waals surface area contributed by atoms with E-state index in [0.29, 0.717) is 18.3 Å². The van der Waals surface area contributed by atoms with Gasteiger partial charge in [-0.25, -0.2) is 9.97 Å². The van der Waals surface area contributed by atoms with E-state index in [1.54, 1.807) is 6.20 Å². The van der Waals surface area contributed by atoms with Gasteiger partial charge in [0.05, 0.1) is 18.3 Å². The van der Waals surface area contributed by atoms with E-state index >= 15 is 0 Å². The van der Waals surface area contributed by atoms with Crippen molar-refractivity contribution < 1.29 is 5.21 Å². The summed E-state index contributed by atoms with van der Waals surface area (Å²) in [4.78, 5) is 19.5. The van der Waals surface area contributed by atoms with Gasteiger partial charge >= 0.3 is 0 Å². The van der Waals surface area contributed by atoms with Crippen molar-refractivity contribution in [1.29, 1.82) is 0 Å². The lowest BCUT2D eigenvalue weighted by Gasteiger charge is -2.00. The average Bonchev–Trinajstić information content (AvgIpc) is 3.03. The van der Waals surface area contributed by atoms with Crippen molar-refractivity contribution in [2.24, 2.45) is 10.9 Å². The molecule has 3 heterocycles. The topological polar surface area (TPSA) is 102 Å². The maximum Gasteiger partial charge on any atom is 0.139 e. The van der Waals surface area contributed by atoms with Gasteiger partial charge in [-0.3, -0.25) is 15.7 Å². The molecule has 0 saturated heterocycles. The maximum absolute atomic E-state index is 9.04. The van der Waals surface area contributed by atoms with Crippen LogP contribution in [0.15, 0.2) is 23.5 Å². The monoisotopic (exact) mass is 270 g/mol. The molecule has 0 bridgehead atoms. The molecule has 4 rings (SSSR count). The van der Waals surface area contributed by atoms with Gasteiger partial charge in [-0.2, -0.15) is 0 Å². The van der Waals surface area contributed by atoms with Crippen LogP contribution in [0.25, 0.3) is 22.1 Å². The van der Waals surface area contributed by atoms with E-state index < -0.39 is 0 Å². The summed E-state index contributed by atoms with van der Waals surface area (Å²) < 4.78 is 0. The number of aromatic amines is 2. The smallest absolute Gasteiger partial charge is 0.139 e. The van der Waals surface area contributed by atoms with Gasteiger partial charge in [-0.05, 0) is 18.9 Å². The van der Waals surface area contributed by atoms with E-state index in [1.807, 2.05) is 12.3 Å². The van der Waals surface area contributed by atoms with Crippen LogP contribution in [0.2, 0.25) is 0 Å². The Balaban J connectivity index is 1.69. The molecule has 7 heteroatoms. The molecular formula is C13H14N6O. The Bertz CT molecular complexity index is 798. The molecule has 3 aromatic heterocycles. The van der Waals surface area contributed by atoms with Crippen molar-refractivity contribution in [2.45, 2.75) is 19.4 Å². The zero-order valence-corrected chi connectivity index (χ0v) is 10.7. The zero-order chi connectivity index (χ0) is 13.5. The normalized spacial score (nSPS) is 16.1. The number of rotatable bonds is 3. The molecule has 1 aliphatic carbocycles. The highest BCUT2D eigenvalue weighted by Gasteiger charge is 2.27. The number of aliphatic imine (C=N–C) groups is 1. The van der Waals surface area contributed by atoms with Crippen molar-refractivity contribution in [1.82, 2.24) is 25.4 Å². The lowest BCUT2D eigenvalue weighted by atomic mass is 10.3. The van der Waals surface area contributed by atoms with Crippen LogP contribution in [0.1, 0.15) is 18.7 Å². The number of imidazole rings is 1. The number of pyridine rings is 1. The first-order valence-corrected chi connectivity index (χ1v) is 6.60. The van der Waals surface area contributed by atoms with Crippen molar-refractivity contribution >= 4 is 27.9 Å². The second-order valence-corrected chi connectivity index (χ2v) is 5.03. The number of hydrogen-bond acceptors (Lipinski definition) is 4. The number of aromatic nitrogens is 4. The molecule has 0 spiro atoms. The van der Waals surface area contributed by atoms with Crippen LogP contribution in [-0.4, -0.2) is 31.0 Å². The first-order chi connectivity index (χ1) is 9.85. The summed E-state index contributed by atoms with van der Waals surface area (Å²) in [6, 6.07) is 1.96. The van der Waals surface area contributed by atoms with Crippen LogP contribution >= 0.6 is 0 Å². The molecule has 1 aliphatic rings. The number of H-pyrrole nitrogens is 2. The van der Waals surface area contributed by atoms with Crippen molar-refractivity contribution in [3.8, 4) is 0 Å². The molecule has 0 unspecified atom stereocenters. The van der Waals surface area contributed by atoms with Gasteiger partial charge in [0.15, 0.2) is 0 Å². The molecule has 1 saturated carbocycles. The molecule has 0 atom stereocenters. The fourth-order valence-electron chi connectivity index (χ4n) is 2.37. The Hall–Kier alpha value is -2.41. The molecule has 0 amide bonds. The Kier molecular flexibility index (Phi) is 2.46. The first kappa shape index (κ1) is 11.4. The molecule has 1 fully saturated rings. The highest BCUT2D eigenvalue weighted by atomic mass is 16.5. The Morgan fingerprint density at radius 2 is 2.40 bits per heavy atom. The van der Waals surface area contributed by atoms with Gasteiger partial charge in [0.2, 0.25) is 0 Å². The summed E-state index contributed by atoms with van der Waals surface area (Å²) in [7, 11) is 0. The summed E-state index contributed by atoms with van der Waals surface area (Å²) >= 11 is 0. The number of hydroxylamine groups is 1. The Morgan fingerprint density at radius 3 is 3.20 bits per heavy atom. The number of nitrogens with one attached hydrogen (secondary N) is 3. The van der Waals surface area contributed by atoms with Crippen molar-refractivity contribution in [3.63, 3.8) is 0 Å². The Morgan fingerprint density at radius 1 is 1.50 bits per heavy atom. The molecule has 0 aliphatic heterocycles. The van der Waals surface area contributed by atoms with Gasteiger partial charge in [-0.1, -0.05) is 0 Å². The third-order valence-electron chi connectivity index (χ3n) is 3.56. The molecule has 4 N–H and O–H groups in total. The molecule has 3 aromatic rings. The van der Waals surface area contributed by atoms with Crippen LogP contribution < -0.4 is 5.48 Å². The van der Waals surface area contributed by atoms with Crippen LogP contribution in [-0.2, 0) is 6.54 Å². The van der Waals surface area contributed by atoms with E-state index in [-0.39, 0.29) is 0 Å². The third kappa shape index (κ3) is 1.83. The SMILES string of the molecule is ONC(=NCc1nc2c(cnc3[nH]ccc32)[nH]1)C1CC1. The van der Waals surface area contributed by atoms with Gasteiger partial charge in [0.25, 0.3) is 0 Å². The fourth-order valence-corrected chi connectivity index (χ4v) is 2.37. The minimum atomic E-state index is 0.377. The van der Waals surface area contributed by atoms with Crippen LogP contribution in [0.4, 0.5) is 0 Å². The number of hydrogen-bond donors (Lipinski definition) is 4. The van der Waals surface area contributed by atoms with Crippen LogP contribution in [0.5, 0.6) is 0 Å². The predicted octanol–water partition coefficient (Wildman–Crippen LogP) is 1.73. The fraction of sp³-hybridized carbons (Fsp3) is 0.308. The molecular weight excluding hydrogens is 256 g/mol. The maximum atomic E-state index is 9.04. The number of amidine groups is 1. The van der Waals surface area contributed by atoms with Crippen LogP contribution in [0.3, 0.4) is 0 Å². The third-order valence-corrected chi connectivity index (χ3v) is 3.56. The summed E-state index contributed by atoms with van der Waals surface area (Å²) in [5.41, 5.74) is 4.80. The van der Waals surface area contributed by atoms with E-state index in [1.165, 1.54) is 0 Å². The van der Waals surface area contributed by atoms with E-state index in [4.69, 9.17) is 5.21 Å². The number of nitrogens with zero attached hydrogens (tertiary/aromatic N) is 3. The van der Waals surface area contributed by atoms with E-state index in [2.05, 4.69) is 30.4 Å². The average molecular weight is 270 g/mol. The van der Waals surface area contributed by atoms with E-state index in [9.17, 15) is 0 Å². The predicted molar refractivity (Wildman–Crippen MR) is 74.5 cm³/mol. The summed E-state index contributed by atoms with van der Waals surface area (Å²) in [6.07, 6.45) is 5.78. The Labute approximate surface area is 114 Å². The van der Waals surface area contributed by atoms with Crippen LogP contribution in [0, 0.1) is 5.92 Å². The highest BCUT2D eigenvalue weighted by Crippen LogP contribution is 2.29. The molecule has 0 aromatic carbocycles.